The van der Waals surface area contributed by atoms with E-state index in [1.165, 1.54) is 9.13 Å². The molecule has 1 aliphatic heterocycles. The number of benzene rings is 2. The molecular weight excluding hydrogens is 365 g/mol. The standard InChI is InChI=1S/C16H16INO2/c17-13-3-1-4-14(10-13)18-11-12-5-6-15-16(9-12)20-8-2-7-19-15/h1,3-6,9-10,18H,2,7-8,11H2. The Balaban J connectivity index is 1.70. The molecule has 104 valence electrons. The summed E-state index contributed by atoms with van der Waals surface area (Å²) in [5.41, 5.74) is 2.32. The van der Waals surface area contributed by atoms with Crippen LogP contribution in [0.5, 0.6) is 11.5 Å². The van der Waals surface area contributed by atoms with Gasteiger partial charge in [0.25, 0.3) is 0 Å². The van der Waals surface area contributed by atoms with Crippen molar-refractivity contribution in [1.82, 2.24) is 0 Å². The topological polar surface area (TPSA) is 30.5 Å². The van der Waals surface area contributed by atoms with Crippen LogP contribution in [-0.4, -0.2) is 13.2 Å². The Hall–Kier alpha value is -1.43. The summed E-state index contributed by atoms with van der Waals surface area (Å²) in [6.07, 6.45) is 0.935. The molecule has 0 unspecified atom stereocenters. The highest BCUT2D eigenvalue weighted by Gasteiger charge is 2.10. The SMILES string of the molecule is Ic1cccc(NCc2ccc3c(c2)OCCCO3)c1. The number of ether oxygens (including phenoxy) is 2. The van der Waals surface area contributed by atoms with Crippen molar-refractivity contribution in [2.24, 2.45) is 0 Å². The molecule has 3 rings (SSSR count). The van der Waals surface area contributed by atoms with E-state index in [-0.39, 0.29) is 0 Å². The van der Waals surface area contributed by atoms with Gasteiger partial charge < -0.3 is 14.8 Å². The van der Waals surface area contributed by atoms with Crippen LogP contribution >= 0.6 is 22.6 Å². The van der Waals surface area contributed by atoms with Crippen LogP contribution in [0.2, 0.25) is 0 Å². The van der Waals surface area contributed by atoms with E-state index in [1.54, 1.807) is 0 Å². The minimum Gasteiger partial charge on any atom is -0.490 e. The molecule has 2 aromatic carbocycles. The molecule has 4 heteroatoms. The van der Waals surface area contributed by atoms with Gasteiger partial charge in [-0.15, -0.1) is 0 Å². The van der Waals surface area contributed by atoms with Crippen LogP contribution < -0.4 is 14.8 Å². The summed E-state index contributed by atoms with van der Waals surface area (Å²) in [4.78, 5) is 0. The fourth-order valence-electron chi connectivity index (χ4n) is 2.12. The van der Waals surface area contributed by atoms with Crippen molar-refractivity contribution in [1.29, 1.82) is 0 Å². The molecule has 1 N–H and O–H groups in total. The smallest absolute Gasteiger partial charge is 0.161 e. The van der Waals surface area contributed by atoms with Gasteiger partial charge in [0, 0.05) is 22.2 Å². The van der Waals surface area contributed by atoms with E-state index < -0.39 is 0 Å². The van der Waals surface area contributed by atoms with Crippen molar-refractivity contribution in [3.05, 3.63) is 51.6 Å². The number of hydrogen-bond donors (Lipinski definition) is 1. The molecule has 0 radical (unpaired) electrons. The lowest BCUT2D eigenvalue weighted by Gasteiger charge is -2.11. The average molecular weight is 381 g/mol. The molecule has 2 aromatic rings. The molecule has 1 heterocycles. The molecule has 0 saturated carbocycles. The third kappa shape index (κ3) is 3.36. The maximum Gasteiger partial charge on any atom is 0.161 e. The van der Waals surface area contributed by atoms with Crippen LogP contribution in [0.4, 0.5) is 5.69 Å². The minimum absolute atomic E-state index is 0.723. The summed E-state index contributed by atoms with van der Waals surface area (Å²) >= 11 is 2.32. The van der Waals surface area contributed by atoms with Gasteiger partial charge in [0.05, 0.1) is 13.2 Å². The Morgan fingerprint density at radius 2 is 1.85 bits per heavy atom. The molecule has 1 aliphatic rings. The first-order valence-electron chi connectivity index (χ1n) is 6.69. The maximum absolute atomic E-state index is 5.71. The molecule has 0 aliphatic carbocycles. The third-order valence-corrected chi connectivity index (χ3v) is 3.80. The Bertz CT molecular complexity index is 601. The fourth-order valence-corrected chi connectivity index (χ4v) is 2.66. The van der Waals surface area contributed by atoms with Crippen LogP contribution in [0.15, 0.2) is 42.5 Å². The van der Waals surface area contributed by atoms with Crippen molar-refractivity contribution >= 4 is 28.3 Å². The molecule has 0 atom stereocenters. The normalized spacial score (nSPS) is 13.7. The van der Waals surface area contributed by atoms with Gasteiger partial charge in [-0.05, 0) is 58.5 Å². The van der Waals surface area contributed by atoms with Gasteiger partial charge in [0.1, 0.15) is 0 Å². The van der Waals surface area contributed by atoms with Crippen LogP contribution in [0, 0.1) is 3.57 Å². The van der Waals surface area contributed by atoms with E-state index in [2.05, 4.69) is 64.3 Å². The molecule has 0 aromatic heterocycles. The first kappa shape index (κ1) is 13.5. The van der Waals surface area contributed by atoms with Crippen molar-refractivity contribution < 1.29 is 9.47 Å². The van der Waals surface area contributed by atoms with Crippen molar-refractivity contribution in [3.8, 4) is 11.5 Å². The predicted octanol–water partition coefficient (Wildman–Crippen LogP) is 4.06. The van der Waals surface area contributed by atoms with Crippen molar-refractivity contribution in [2.75, 3.05) is 18.5 Å². The molecule has 0 amide bonds. The van der Waals surface area contributed by atoms with Gasteiger partial charge in [-0.25, -0.2) is 0 Å². The van der Waals surface area contributed by atoms with E-state index in [4.69, 9.17) is 9.47 Å². The lowest BCUT2D eigenvalue weighted by Crippen LogP contribution is -2.00. The number of rotatable bonds is 3. The van der Waals surface area contributed by atoms with Crippen molar-refractivity contribution in [2.45, 2.75) is 13.0 Å². The Morgan fingerprint density at radius 3 is 2.70 bits per heavy atom. The van der Waals surface area contributed by atoms with Gasteiger partial charge in [0.15, 0.2) is 11.5 Å². The van der Waals surface area contributed by atoms with E-state index in [9.17, 15) is 0 Å². The monoisotopic (exact) mass is 381 g/mol. The molecule has 0 fully saturated rings. The Labute approximate surface area is 132 Å². The first-order valence-corrected chi connectivity index (χ1v) is 7.77. The molecule has 0 spiro atoms. The molecule has 3 nitrogen and oxygen atoms in total. The van der Waals surface area contributed by atoms with Gasteiger partial charge in [0.2, 0.25) is 0 Å². The average Bonchev–Trinajstić information content (AvgIpc) is 2.70. The third-order valence-electron chi connectivity index (χ3n) is 3.13. The van der Waals surface area contributed by atoms with E-state index in [0.29, 0.717) is 0 Å². The van der Waals surface area contributed by atoms with Crippen LogP contribution in [0.3, 0.4) is 0 Å². The van der Waals surface area contributed by atoms with Crippen LogP contribution in [-0.2, 0) is 6.54 Å². The van der Waals surface area contributed by atoms with Crippen molar-refractivity contribution in [3.63, 3.8) is 0 Å². The van der Waals surface area contributed by atoms with Crippen LogP contribution in [0.25, 0.3) is 0 Å². The number of nitrogens with one attached hydrogen (secondary N) is 1. The second-order valence-corrected chi connectivity index (χ2v) is 5.94. The van der Waals surface area contributed by atoms with Gasteiger partial charge in [-0.2, -0.15) is 0 Å². The lowest BCUT2D eigenvalue weighted by atomic mass is 10.2. The summed E-state index contributed by atoms with van der Waals surface area (Å²) in [5, 5.41) is 3.42. The van der Waals surface area contributed by atoms with E-state index >= 15 is 0 Å². The zero-order valence-electron chi connectivity index (χ0n) is 11.1. The zero-order valence-corrected chi connectivity index (χ0v) is 13.2. The van der Waals surface area contributed by atoms with Gasteiger partial charge in [-0.1, -0.05) is 12.1 Å². The summed E-state index contributed by atoms with van der Waals surface area (Å²) in [7, 11) is 0. The van der Waals surface area contributed by atoms with Crippen LogP contribution in [0.1, 0.15) is 12.0 Å². The minimum atomic E-state index is 0.723. The lowest BCUT2D eigenvalue weighted by molar-refractivity contribution is 0.297. The summed E-state index contributed by atoms with van der Waals surface area (Å²) in [6.45, 7) is 2.23. The molecular formula is C16H16INO2. The Kier molecular flexibility index (Phi) is 4.30. The molecule has 20 heavy (non-hydrogen) atoms. The summed E-state index contributed by atoms with van der Waals surface area (Å²) in [5.74, 6) is 1.70. The highest BCUT2D eigenvalue weighted by atomic mass is 127. The second-order valence-electron chi connectivity index (χ2n) is 4.70. The maximum atomic E-state index is 5.71. The fraction of sp³-hybridized carbons (Fsp3) is 0.250. The number of anilines is 1. The number of halogens is 1. The second kappa shape index (κ2) is 6.35. The highest BCUT2D eigenvalue weighted by molar-refractivity contribution is 14.1. The molecule has 0 saturated heterocycles. The predicted molar refractivity (Wildman–Crippen MR) is 88.5 cm³/mol. The number of fused-ring (bicyclic) bond motifs is 1. The van der Waals surface area contributed by atoms with Gasteiger partial charge in [-0.3, -0.25) is 0 Å². The Morgan fingerprint density at radius 1 is 1.00 bits per heavy atom. The largest absolute Gasteiger partial charge is 0.490 e. The van der Waals surface area contributed by atoms with E-state index in [1.807, 2.05) is 6.07 Å². The summed E-state index contributed by atoms with van der Waals surface area (Å²) in [6, 6.07) is 14.5. The quantitative estimate of drug-likeness (QED) is 0.814. The highest BCUT2D eigenvalue weighted by Crippen LogP contribution is 2.30. The number of hydrogen-bond acceptors (Lipinski definition) is 3. The molecule has 0 bridgehead atoms. The zero-order chi connectivity index (χ0) is 13.8. The van der Waals surface area contributed by atoms with Gasteiger partial charge >= 0.3 is 0 Å². The van der Waals surface area contributed by atoms with E-state index in [0.717, 1.165) is 43.4 Å². The summed E-state index contributed by atoms with van der Waals surface area (Å²) < 4.78 is 12.6. The first-order chi connectivity index (χ1) is 9.81.